The maximum Gasteiger partial charge on any atom is 0.132 e. The van der Waals surface area contributed by atoms with Crippen LogP contribution in [-0.4, -0.2) is 8.80 Å². The van der Waals surface area contributed by atoms with E-state index in [4.69, 9.17) is 0 Å². The van der Waals surface area contributed by atoms with Crippen LogP contribution in [0, 0.1) is 6.92 Å². The minimum absolute atomic E-state index is 1.06. The molecule has 0 N–H and O–H groups in total. The molecular weight excluding hydrogens is 340 g/mol. The van der Waals surface area contributed by atoms with Crippen LogP contribution >= 0.6 is 0 Å². The number of hydrogen-bond acceptors (Lipinski definition) is 0. The second-order valence-corrected chi connectivity index (χ2v) is 10.1. The van der Waals surface area contributed by atoms with Gasteiger partial charge >= 0.3 is 0 Å². The first kappa shape index (κ1) is 17.8. The lowest BCUT2D eigenvalue weighted by Gasteiger charge is -2.21. The number of hydrogen-bond donors (Lipinski definition) is 0. The van der Waals surface area contributed by atoms with E-state index in [1.807, 2.05) is 0 Å². The van der Waals surface area contributed by atoms with Gasteiger partial charge in [-0.25, -0.2) is 0 Å². The van der Waals surface area contributed by atoms with Gasteiger partial charge in [0.15, 0.2) is 0 Å². The van der Waals surface area contributed by atoms with E-state index in [0.29, 0.717) is 0 Å². The molecule has 0 radical (unpaired) electrons. The second kappa shape index (κ2) is 7.94. The standard InChI is InChI=1S/C26H26Si/c1-3-24-25(21-16-14-20(2)15-17-21)18-19-26(24)27(22-10-6-4-7-11-22)23-12-8-5-9-13-23/h4-17,19,27H,3,18H2,1-2H3. The molecule has 3 aromatic carbocycles. The fourth-order valence-electron chi connectivity index (χ4n) is 4.23. The predicted octanol–water partition coefficient (Wildman–Crippen LogP) is 5.07. The van der Waals surface area contributed by atoms with Gasteiger partial charge in [0.2, 0.25) is 0 Å². The Morgan fingerprint density at radius 2 is 1.30 bits per heavy atom. The molecule has 0 unspecified atom stereocenters. The molecule has 0 heterocycles. The van der Waals surface area contributed by atoms with Gasteiger partial charge in [-0.3, -0.25) is 0 Å². The smallest absolute Gasteiger partial charge is 0.0801 e. The third-order valence-electron chi connectivity index (χ3n) is 5.57. The van der Waals surface area contributed by atoms with E-state index in [2.05, 4.69) is 105 Å². The molecule has 0 aromatic heterocycles. The maximum absolute atomic E-state index is 2.52. The number of rotatable bonds is 5. The van der Waals surface area contributed by atoms with Crippen LogP contribution < -0.4 is 10.4 Å². The van der Waals surface area contributed by atoms with Crippen molar-refractivity contribution in [2.75, 3.05) is 0 Å². The number of aryl methyl sites for hydroxylation is 1. The van der Waals surface area contributed by atoms with Crippen LogP contribution in [-0.2, 0) is 0 Å². The van der Waals surface area contributed by atoms with Gasteiger partial charge in [0.25, 0.3) is 0 Å². The van der Waals surface area contributed by atoms with Crippen LogP contribution in [0.2, 0.25) is 0 Å². The van der Waals surface area contributed by atoms with Gasteiger partial charge < -0.3 is 0 Å². The predicted molar refractivity (Wildman–Crippen MR) is 120 cm³/mol. The van der Waals surface area contributed by atoms with Crippen molar-refractivity contribution < 1.29 is 0 Å². The van der Waals surface area contributed by atoms with Crippen molar-refractivity contribution in [3.05, 3.63) is 113 Å². The second-order valence-electron chi connectivity index (χ2n) is 7.29. The highest BCUT2D eigenvalue weighted by Crippen LogP contribution is 2.36. The quantitative estimate of drug-likeness (QED) is 0.553. The van der Waals surface area contributed by atoms with Gasteiger partial charge in [0.1, 0.15) is 8.80 Å². The topological polar surface area (TPSA) is 0 Å². The zero-order valence-electron chi connectivity index (χ0n) is 16.2. The van der Waals surface area contributed by atoms with Crippen LogP contribution in [0.25, 0.3) is 5.57 Å². The Morgan fingerprint density at radius 1 is 0.741 bits per heavy atom. The Hall–Kier alpha value is -2.64. The van der Waals surface area contributed by atoms with E-state index in [0.717, 1.165) is 12.8 Å². The molecule has 1 heteroatoms. The molecule has 0 fully saturated rings. The minimum atomic E-state index is -1.45. The van der Waals surface area contributed by atoms with Crippen LogP contribution in [0.15, 0.2) is 102 Å². The Bertz CT molecular complexity index is 924. The lowest BCUT2D eigenvalue weighted by atomic mass is 9.99. The average Bonchev–Trinajstić information content (AvgIpc) is 3.14. The van der Waals surface area contributed by atoms with Crippen molar-refractivity contribution in [3.8, 4) is 0 Å². The first-order chi connectivity index (χ1) is 13.3. The molecule has 0 saturated carbocycles. The molecule has 1 aliphatic carbocycles. The van der Waals surface area contributed by atoms with E-state index in [-0.39, 0.29) is 0 Å². The fraction of sp³-hybridized carbons (Fsp3) is 0.154. The van der Waals surface area contributed by atoms with E-state index in [1.165, 1.54) is 27.1 Å². The highest BCUT2D eigenvalue weighted by molar-refractivity contribution is 6.91. The molecular formula is C26H26Si. The zero-order chi connectivity index (χ0) is 18.6. The summed E-state index contributed by atoms with van der Waals surface area (Å²) in [6.45, 7) is 4.47. The van der Waals surface area contributed by atoms with Crippen molar-refractivity contribution in [3.63, 3.8) is 0 Å². The van der Waals surface area contributed by atoms with Crippen molar-refractivity contribution in [2.24, 2.45) is 0 Å². The highest BCUT2D eigenvalue weighted by Gasteiger charge is 2.27. The van der Waals surface area contributed by atoms with E-state index in [1.54, 1.807) is 10.8 Å². The Balaban J connectivity index is 1.82. The molecule has 0 bridgehead atoms. The summed E-state index contributed by atoms with van der Waals surface area (Å²) in [5.41, 5.74) is 5.81. The summed E-state index contributed by atoms with van der Waals surface area (Å²) in [5.74, 6) is 0. The normalized spacial score (nSPS) is 14.0. The van der Waals surface area contributed by atoms with Gasteiger partial charge in [0, 0.05) is 0 Å². The lowest BCUT2D eigenvalue weighted by Crippen LogP contribution is -2.44. The van der Waals surface area contributed by atoms with E-state index < -0.39 is 8.80 Å². The Kier molecular flexibility index (Phi) is 5.22. The SMILES string of the molecule is CCC1=C(c2ccc(C)cc2)CC=C1[SiH](c1ccccc1)c1ccccc1. The summed E-state index contributed by atoms with van der Waals surface area (Å²) in [6, 6.07) is 31.3. The Morgan fingerprint density at radius 3 is 1.81 bits per heavy atom. The summed E-state index contributed by atoms with van der Waals surface area (Å²) in [7, 11) is -1.45. The first-order valence-corrected chi connectivity index (χ1v) is 11.6. The summed E-state index contributed by atoms with van der Waals surface area (Å²) >= 11 is 0. The summed E-state index contributed by atoms with van der Waals surface area (Å²) in [6.07, 6.45) is 4.67. The van der Waals surface area contributed by atoms with Gasteiger partial charge in [0.05, 0.1) is 0 Å². The average molecular weight is 367 g/mol. The third-order valence-corrected chi connectivity index (χ3v) is 8.88. The zero-order valence-corrected chi connectivity index (χ0v) is 17.3. The van der Waals surface area contributed by atoms with Crippen molar-refractivity contribution in [1.29, 1.82) is 0 Å². The van der Waals surface area contributed by atoms with Gasteiger partial charge in [-0.1, -0.05) is 119 Å². The van der Waals surface area contributed by atoms with Crippen molar-refractivity contribution in [2.45, 2.75) is 26.7 Å². The van der Waals surface area contributed by atoms with Crippen molar-refractivity contribution >= 4 is 24.7 Å². The molecule has 0 saturated heterocycles. The molecule has 134 valence electrons. The molecule has 4 rings (SSSR count). The van der Waals surface area contributed by atoms with Gasteiger partial charge in [-0.2, -0.15) is 0 Å². The Labute approximate surface area is 164 Å². The largest absolute Gasteiger partial charge is 0.132 e. The fourth-order valence-corrected chi connectivity index (χ4v) is 7.63. The van der Waals surface area contributed by atoms with Gasteiger partial charge in [-0.15, -0.1) is 0 Å². The molecule has 0 nitrogen and oxygen atoms in total. The molecule has 3 aromatic rings. The number of allylic oxidation sites excluding steroid dienone is 4. The first-order valence-electron chi connectivity index (χ1n) is 9.87. The molecule has 0 amide bonds. The number of benzene rings is 3. The summed E-state index contributed by atoms with van der Waals surface area (Å²) < 4.78 is 0. The summed E-state index contributed by atoms with van der Waals surface area (Å²) in [4.78, 5) is 0. The monoisotopic (exact) mass is 366 g/mol. The maximum atomic E-state index is 2.52. The minimum Gasteiger partial charge on any atom is -0.0801 e. The van der Waals surface area contributed by atoms with Crippen LogP contribution in [0.4, 0.5) is 0 Å². The lowest BCUT2D eigenvalue weighted by molar-refractivity contribution is 1.15. The molecule has 1 aliphatic rings. The van der Waals surface area contributed by atoms with Crippen LogP contribution in [0.1, 0.15) is 30.9 Å². The molecule has 0 spiro atoms. The van der Waals surface area contributed by atoms with Crippen LogP contribution in [0.5, 0.6) is 0 Å². The van der Waals surface area contributed by atoms with Crippen LogP contribution in [0.3, 0.4) is 0 Å². The molecule has 0 atom stereocenters. The van der Waals surface area contributed by atoms with E-state index in [9.17, 15) is 0 Å². The summed E-state index contributed by atoms with van der Waals surface area (Å²) in [5, 5.41) is 4.63. The highest BCUT2D eigenvalue weighted by atomic mass is 28.3. The molecule has 0 aliphatic heterocycles. The van der Waals surface area contributed by atoms with E-state index >= 15 is 0 Å². The third kappa shape index (κ3) is 3.61. The van der Waals surface area contributed by atoms with Crippen molar-refractivity contribution in [1.82, 2.24) is 0 Å². The van der Waals surface area contributed by atoms with Gasteiger partial charge in [-0.05, 0) is 36.5 Å². The molecule has 27 heavy (non-hydrogen) atoms.